The number of hydrogen-bond donors (Lipinski definition) is 2. The van der Waals surface area contributed by atoms with Crippen LogP contribution in [0.4, 0.5) is 11.4 Å². The number of thiophene rings is 1. The molecule has 6 nitrogen and oxygen atoms in total. The molecule has 2 aromatic heterocycles. The van der Waals surface area contributed by atoms with Gasteiger partial charge in [0, 0.05) is 16.8 Å². The fourth-order valence-electron chi connectivity index (χ4n) is 2.72. The lowest BCUT2D eigenvalue weighted by atomic mass is 10.1. The molecule has 3 aromatic rings. The highest BCUT2D eigenvalue weighted by atomic mass is 32.1. The van der Waals surface area contributed by atoms with E-state index >= 15 is 0 Å². The first-order chi connectivity index (χ1) is 12.4. The number of para-hydroxylation sites is 1. The number of aryl methyl sites for hydroxylation is 3. The van der Waals surface area contributed by atoms with Gasteiger partial charge in [-0.05, 0) is 44.0 Å². The van der Waals surface area contributed by atoms with E-state index in [1.807, 2.05) is 45.0 Å². The number of esters is 1. The smallest absolute Gasteiger partial charge is 0.351 e. The molecule has 0 fully saturated rings. The lowest BCUT2D eigenvalue weighted by Crippen LogP contribution is -2.21. The Bertz CT molecular complexity index is 1010. The summed E-state index contributed by atoms with van der Waals surface area (Å²) in [5, 5.41) is 3.48. The van der Waals surface area contributed by atoms with Crippen LogP contribution in [0.1, 0.15) is 26.5 Å². The SMILES string of the molecule is Cc1cc(C)c2c(N)c(C(=O)OCC(=O)Nc3ccccc3C)sc2n1. The number of nitrogens with two attached hydrogens (primary N) is 1. The second-order valence-electron chi connectivity index (χ2n) is 6.04. The van der Waals surface area contributed by atoms with Crippen molar-refractivity contribution in [3.8, 4) is 0 Å². The number of nitrogens with zero attached hydrogens (tertiary/aromatic N) is 1. The van der Waals surface area contributed by atoms with Crippen LogP contribution in [0.25, 0.3) is 10.2 Å². The molecule has 0 atom stereocenters. The second kappa shape index (κ2) is 7.13. The Morgan fingerprint density at radius 1 is 1.19 bits per heavy atom. The van der Waals surface area contributed by atoms with Gasteiger partial charge in [-0.2, -0.15) is 0 Å². The summed E-state index contributed by atoms with van der Waals surface area (Å²) < 4.78 is 5.13. The minimum atomic E-state index is -0.623. The van der Waals surface area contributed by atoms with Crippen molar-refractivity contribution in [3.63, 3.8) is 0 Å². The standard InChI is InChI=1S/C19H19N3O3S/c1-10-6-4-5-7-13(10)22-14(23)9-25-19(24)17-16(20)15-11(2)8-12(3)21-18(15)26-17/h4-8H,9,20H2,1-3H3,(H,22,23). The van der Waals surface area contributed by atoms with E-state index in [-0.39, 0.29) is 11.5 Å². The predicted molar refractivity (Wildman–Crippen MR) is 104 cm³/mol. The van der Waals surface area contributed by atoms with E-state index < -0.39 is 11.9 Å². The predicted octanol–water partition coefficient (Wildman–Crippen LogP) is 3.60. The van der Waals surface area contributed by atoms with E-state index in [0.717, 1.165) is 22.2 Å². The van der Waals surface area contributed by atoms with Crippen LogP contribution in [-0.2, 0) is 9.53 Å². The largest absolute Gasteiger partial charge is 0.451 e. The highest BCUT2D eigenvalue weighted by Crippen LogP contribution is 2.35. The molecule has 0 spiro atoms. The van der Waals surface area contributed by atoms with Gasteiger partial charge >= 0.3 is 5.97 Å². The minimum Gasteiger partial charge on any atom is -0.451 e. The molecule has 0 aliphatic heterocycles. The maximum Gasteiger partial charge on any atom is 0.351 e. The molecule has 0 aliphatic carbocycles. The molecule has 0 unspecified atom stereocenters. The van der Waals surface area contributed by atoms with E-state index in [0.29, 0.717) is 16.2 Å². The molecule has 1 amide bonds. The summed E-state index contributed by atoms with van der Waals surface area (Å²) >= 11 is 1.18. The third-order valence-corrected chi connectivity index (χ3v) is 5.04. The molecule has 0 aliphatic rings. The number of amides is 1. The van der Waals surface area contributed by atoms with Gasteiger partial charge in [-0.25, -0.2) is 9.78 Å². The van der Waals surface area contributed by atoms with Crippen LogP contribution in [0, 0.1) is 20.8 Å². The van der Waals surface area contributed by atoms with Gasteiger partial charge in [0.05, 0.1) is 5.69 Å². The average molecular weight is 369 g/mol. The Balaban J connectivity index is 1.71. The van der Waals surface area contributed by atoms with E-state index in [4.69, 9.17) is 10.5 Å². The zero-order valence-corrected chi connectivity index (χ0v) is 15.6. The second-order valence-corrected chi connectivity index (χ2v) is 7.04. The number of carbonyl (C=O) groups excluding carboxylic acids is 2. The monoisotopic (exact) mass is 369 g/mol. The first-order valence-electron chi connectivity index (χ1n) is 8.05. The van der Waals surface area contributed by atoms with Gasteiger partial charge in [0.15, 0.2) is 6.61 Å². The molecule has 0 radical (unpaired) electrons. The Morgan fingerprint density at radius 2 is 1.92 bits per heavy atom. The van der Waals surface area contributed by atoms with E-state index in [9.17, 15) is 9.59 Å². The van der Waals surface area contributed by atoms with E-state index in [1.165, 1.54) is 11.3 Å². The molecular formula is C19H19N3O3S. The van der Waals surface area contributed by atoms with Crippen molar-refractivity contribution in [3.05, 3.63) is 52.0 Å². The maximum absolute atomic E-state index is 12.4. The van der Waals surface area contributed by atoms with Crippen molar-refractivity contribution in [1.82, 2.24) is 4.98 Å². The molecule has 3 N–H and O–H groups in total. The highest BCUT2D eigenvalue weighted by molar-refractivity contribution is 7.21. The number of nitrogens with one attached hydrogen (secondary N) is 1. The third kappa shape index (κ3) is 3.52. The molecular weight excluding hydrogens is 350 g/mol. The fourth-order valence-corrected chi connectivity index (χ4v) is 3.83. The van der Waals surface area contributed by atoms with Crippen molar-refractivity contribution in [1.29, 1.82) is 0 Å². The summed E-state index contributed by atoms with van der Waals surface area (Å²) in [5.41, 5.74) is 9.88. The van der Waals surface area contributed by atoms with Crippen LogP contribution in [0.3, 0.4) is 0 Å². The van der Waals surface area contributed by atoms with Crippen molar-refractivity contribution in [2.45, 2.75) is 20.8 Å². The normalized spacial score (nSPS) is 10.7. The number of pyridine rings is 1. The number of hydrogen-bond acceptors (Lipinski definition) is 6. The Kier molecular flexibility index (Phi) is 4.90. The number of nitrogen functional groups attached to an aromatic ring is 1. The lowest BCUT2D eigenvalue weighted by Gasteiger charge is -2.08. The Hall–Kier alpha value is -2.93. The van der Waals surface area contributed by atoms with E-state index in [1.54, 1.807) is 6.07 Å². The third-order valence-electron chi connectivity index (χ3n) is 3.96. The van der Waals surface area contributed by atoms with Gasteiger partial charge in [0.25, 0.3) is 5.91 Å². The van der Waals surface area contributed by atoms with Gasteiger partial charge in [0.2, 0.25) is 0 Å². The Morgan fingerprint density at radius 3 is 2.65 bits per heavy atom. The topological polar surface area (TPSA) is 94.3 Å². The molecule has 0 bridgehead atoms. The summed E-state index contributed by atoms with van der Waals surface area (Å²) in [6.07, 6.45) is 0. The first kappa shape index (κ1) is 17.9. The van der Waals surface area contributed by atoms with Gasteiger partial charge < -0.3 is 15.8 Å². The van der Waals surface area contributed by atoms with Crippen LogP contribution in [0.2, 0.25) is 0 Å². The van der Waals surface area contributed by atoms with Gasteiger partial charge in [0.1, 0.15) is 9.71 Å². The highest BCUT2D eigenvalue weighted by Gasteiger charge is 2.21. The molecule has 134 valence electrons. The molecule has 1 aromatic carbocycles. The number of fused-ring (bicyclic) bond motifs is 1. The zero-order chi connectivity index (χ0) is 18.8. The van der Waals surface area contributed by atoms with Crippen molar-refractivity contribution >= 4 is 44.8 Å². The number of anilines is 2. The quantitative estimate of drug-likeness (QED) is 0.685. The molecule has 7 heteroatoms. The maximum atomic E-state index is 12.4. The fraction of sp³-hybridized carbons (Fsp3) is 0.211. The number of ether oxygens (including phenoxy) is 1. The summed E-state index contributed by atoms with van der Waals surface area (Å²) in [7, 11) is 0. The summed E-state index contributed by atoms with van der Waals surface area (Å²) in [6, 6.07) is 9.29. The summed E-state index contributed by atoms with van der Waals surface area (Å²) in [6.45, 7) is 5.31. The number of rotatable bonds is 4. The zero-order valence-electron chi connectivity index (χ0n) is 14.8. The number of aromatic nitrogens is 1. The molecule has 26 heavy (non-hydrogen) atoms. The van der Waals surface area contributed by atoms with Crippen molar-refractivity contribution in [2.24, 2.45) is 0 Å². The Labute approximate surface area is 155 Å². The average Bonchev–Trinajstić information content (AvgIpc) is 2.91. The summed E-state index contributed by atoms with van der Waals surface area (Å²) in [5.74, 6) is -1.03. The summed E-state index contributed by atoms with van der Waals surface area (Å²) in [4.78, 5) is 29.8. The van der Waals surface area contributed by atoms with Crippen LogP contribution < -0.4 is 11.1 Å². The molecule has 0 saturated heterocycles. The van der Waals surface area contributed by atoms with Gasteiger partial charge in [-0.3, -0.25) is 4.79 Å². The lowest BCUT2D eigenvalue weighted by molar-refractivity contribution is -0.119. The van der Waals surface area contributed by atoms with Crippen molar-refractivity contribution < 1.29 is 14.3 Å². The molecule has 3 rings (SSSR count). The number of carbonyl (C=O) groups is 2. The first-order valence-corrected chi connectivity index (χ1v) is 8.87. The van der Waals surface area contributed by atoms with Crippen LogP contribution in [-0.4, -0.2) is 23.5 Å². The van der Waals surface area contributed by atoms with Crippen LogP contribution >= 0.6 is 11.3 Å². The van der Waals surface area contributed by atoms with Gasteiger partial charge in [-0.15, -0.1) is 11.3 Å². The van der Waals surface area contributed by atoms with Gasteiger partial charge in [-0.1, -0.05) is 18.2 Å². The van der Waals surface area contributed by atoms with Crippen LogP contribution in [0.5, 0.6) is 0 Å². The van der Waals surface area contributed by atoms with Crippen LogP contribution in [0.15, 0.2) is 30.3 Å². The molecule has 2 heterocycles. The minimum absolute atomic E-state index is 0.268. The molecule has 0 saturated carbocycles. The van der Waals surface area contributed by atoms with Crippen molar-refractivity contribution in [2.75, 3.05) is 17.7 Å². The van der Waals surface area contributed by atoms with E-state index in [2.05, 4.69) is 10.3 Å². The number of benzene rings is 1.